The Balaban J connectivity index is 1.31. The van der Waals surface area contributed by atoms with Gasteiger partial charge in [0.2, 0.25) is 0 Å². The standard InChI is InChI=1S/C44H29NO/c1-3-12-30(13-4-1)32-24-26-36(27-25-32)45(35-16-5-2-6-17-35)41-29-40-43-37(34-23-22-31-14-7-8-15-33(31)28-34)20-11-21-42(43)46-44(40)39-19-10-9-18-38(39)41/h1-29H. The Hall–Kier alpha value is -6.12. The Morgan fingerprint density at radius 1 is 0.391 bits per heavy atom. The van der Waals surface area contributed by atoms with Crippen LogP contribution in [0.4, 0.5) is 17.1 Å². The molecule has 46 heavy (non-hydrogen) atoms. The van der Waals surface area contributed by atoms with Crippen molar-refractivity contribution in [1.29, 1.82) is 0 Å². The first kappa shape index (κ1) is 26.3. The lowest BCUT2D eigenvalue weighted by molar-refractivity contribution is 0.673. The minimum Gasteiger partial charge on any atom is -0.455 e. The second-order valence-corrected chi connectivity index (χ2v) is 11.7. The van der Waals surface area contributed by atoms with Crippen molar-refractivity contribution in [2.45, 2.75) is 0 Å². The fourth-order valence-corrected chi connectivity index (χ4v) is 6.85. The molecule has 1 aromatic heterocycles. The van der Waals surface area contributed by atoms with Crippen molar-refractivity contribution in [3.05, 3.63) is 176 Å². The van der Waals surface area contributed by atoms with Gasteiger partial charge in [-0.25, -0.2) is 0 Å². The Morgan fingerprint density at radius 2 is 1.02 bits per heavy atom. The van der Waals surface area contributed by atoms with Gasteiger partial charge in [-0.1, -0.05) is 133 Å². The topological polar surface area (TPSA) is 16.4 Å². The van der Waals surface area contributed by atoms with Gasteiger partial charge >= 0.3 is 0 Å². The molecule has 0 fully saturated rings. The van der Waals surface area contributed by atoms with Gasteiger partial charge in [0.05, 0.1) is 5.69 Å². The molecule has 2 heteroatoms. The first-order valence-corrected chi connectivity index (χ1v) is 15.7. The zero-order valence-corrected chi connectivity index (χ0v) is 25.1. The molecule has 0 saturated carbocycles. The Labute approximate surface area is 267 Å². The molecule has 0 unspecified atom stereocenters. The van der Waals surface area contributed by atoms with E-state index in [0.29, 0.717) is 0 Å². The summed E-state index contributed by atoms with van der Waals surface area (Å²) in [7, 11) is 0. The molecule has 0 N–H and O–H groups in total. The van der Waals surface area contributed by atoms with E-state index in [-0.39, 0.29) is 0 Å². The molecule has 0 atom stereocenters. The van der Waals surface area contributed by atoms with E-state index in [1.165, 1.54) is 33.0 Å². The van der Waals surface area contributed by atoms with Gasteiger partial charge in [-0.3, -0.25) is 0 Å². The average molecular weight is 588 g/mol. The third-order valence-corrected chi connectivity index (χ3v) is 9.03. The second kappa shape index (κ2) is 10.8. The fourth-order valence-electron chi connectivity index (χ4n) is 6.85. The zero-order valence-electron chi connectivity index (χ0n) is 25.1. The third-order valence-electron chi connectivity index (χ3n) is 9.03. The normalized spacial score (nSPS) is 11.5. The highest BCUT2D eigenvalue weighted by atomic mass is 16.3. The molecule has 0 aliphatic rings. The summed E-state index contributed by atoms with van der Waals surface area (Å²) in [5.41, 5.74) is 9.85. The number of hydrogen-bond acceptors (Lipinski definition) is 2. The van der Waals surface area contributed by atoms with E-state index in [1.807, 2.05) is 0 Å². The van der Waals surface area contributed by atoms with E-state index in [9.17, 15) is 0 Å². The van der Waals surface area contributed by atoms with Crippen LogP contribution in [-0.4, -0.2) is 0 Å². The number of para-hydroxylation sites is 1. The molecule has 0 saturated heterocycles. The molecule has 0 amide bonds. The van der Waals surface area contributed by atoms with E-state index >= 15 is 0 Å². The van der Waals surface area contributed by atoms with Gasteiger partial charge in [-0.2, -0.15) is 0 Å². The lowest BCUT2D eigenvalue weighted by Gasteiger charge is -2.27. The monoisotopic (exact) mass is 587 g/mol. The number of nitrogens with zero attached hydrogens (tertiary/aromatic N) is 1. The molecule has 0 aliphatic carbocycles. The number of hydrogen-bond donors (Lipinski definition) is 0. The third kappa shape index (κ3) is 4.35. The van der Waals surface area contributed by atoms with Gasteiger partial charge in [-0.05, 0) is 75.5 Å². The van der Waals surface area contributed by atoms with Crippen molar-refractivity contribution in [1.82, 2.24) is 0 Å². The number of furan rings is 1. The number of anilines is 3. The number of rotatable bonds is 5. The smallest absolute Gasteiger partial charge is 0.143 e. The SMILES string of the molecule is c1ccc(-c2ccc(N(c3ccccc3)c3cc4c(oc5cccc(-c6ccc7ccccc7c6)c54)c4ccccc34)cc2)cc1. The zero-order chi connectivity index (χ0) is 30.5. The van der Waals surface area contributed by atoms with Crippen LogP contribution in [0.25, 0.3) is 65.7 Å². The summed E-state index contributed by atoms with van der Waals surface area (Å²) in [4.78, 5) is 2.37. The van der Waals surface area contributed by atoms with Crippen molar-refractivity contribution < 1.29 is 4.42 Å². The van der Waals surface area contributed by atoms with Gasteiger partial charge in [-0.15, -0.1) is 0 Å². The van der Waals surface area contributed by atoms with Crippen LogP contribution >= 0.6 is 0 Å². The molecule has 0 bridgehead atoms. The predicted molar refractivity (Wildman–Crippen MR) is 194 cm³/mol. The number of fused-ring (bicyclic) bond motifs is 6. The highest BCUT2D eigenvalue weighted by Gasteiger charge is 2.21. The van der Waals surface area contributed by atoms with Crippen molar-refractivity contribution in [2.24, 2.45) is 0 Å². The summed E-state index contributed by atoms with van der Waals surface area (Å²) >= 11 is 0. The summed E-state index contributed by atoms with van der Waals surface area (Å²) in [6, 6.07) is 62.6. The number of benzene rings is 8. The average Bonchev–Trinajstić information content (AvgIpc) is 3.52. The highest BCUT2D eigenvalue weighted by molar-refractivity contribution is 6.22. The molecular weight excluding hydrogens is 558 g/mol. The second-order valence-electron chi connectivity index (χ2n) is 11.7. The van der Waals surface area contributed by atoms with Crippen molar-refractivity contribution in [2.75, 3.05) is 4.90 Å². The van der Waals surface area contributed by atoms with Gasteiger partial charge in [0.1, 0.15) is 11.2 Å². The Kier molecular flexibility index (Phi) is 6.17. The van der Waals surface area contributed by atoms with Crippen LogP contribution in [0.5, 0.6) is 0 Å². The van der Waals surface area contributed by atoms with Crippen LogP contribution in [0.2, 0.25) is 0 Å². The molecular formula is C44H29NO. The van der Waals surface area contributed by atoms with E-state index in [2.05, 4.69) is 181 Å². The van der Waals surface area contributed by atoms with Gasteiger partial charge in [0.25, 0.3) is 0 Å². The molecule has 8 aromatic carbocycles. The predicted octanol–water partition coefficient (Wildman–Crippen LogP) is 12.7. The molecule has 216 valence electrons. The minimum atomic E-state index is 0.890. The first-order chi connectivity index (χ1) is 22.8. The van der Waals surface area contributed by atoms with Crippen LogP contribution in [-0.2, 0) is 0 Å². The van der Waals surface area contributed by atoms with Crippen LogP contribution in [0.3, 0.4) is 0 Å². The lowest BCUT2D eigenvalue weighted by atomic mass is 9.95. The summed E-state index contributed by atoms with van der Waals surface area (Å²) in [5, 5.41) is 6.93. The molecule has 2 nitrogen and oxygen atoms in total. The molecule has 9 rings (SSSR count). The largest absolute Gasteiger partial charge is 0.455 e. The lowest BCUT2D eigenvalue weighted by Crippen LogP contribution is -2.10. The summed E-state index contributed by atoms with van der Waals surface area (Å²) in [5.74, 6) is 0. The van der Waals surface area contributed by atoms with Crippen LogP contribution in [0, 0.1) is 0 Å². The quantitative estimate of drug-likeness (QED) is 0.199. The molecule has 1 heterocycles. The molecule has 9 aromatic rings. The van der Waals surface area contributed by atoms with Crippen molar-refractivity contribution >= 4 is 60.5 Å². The fraction of sp³-hybridized carbons (Fsp3) is 0. The van der Waals surface area contributed by atoms with Gasteiger partial charge in [0.15, 0.2) is 0 Å². The van der Waals surface area contributed by atoms with Gasteiger partial charge in [0, 0.05) is 32.9 Å². The van der Waals surface area contributed by atoms with E-state index in [0.717, 1.165) is 49.8 Å². The summed E-state index contributed by atoms with van der Waals surface area (Å²) < 4.78 is 6.71. The maximum atomic E-state index is 6.71. The van der Waals surface area contributed by atoms with E-state index in [4.69, 9.17) is 4.42 Å². The Morgan fingerprint density at radius 3 is 1.83 bits per heavy atom. The first-order valence-electron chi connectivity index (χ1n) is 15.7. The maximum absolute atomic E-state index is 6.71. The maximum Gasteiger partial charge on any atom is 0.143 e. The van der Waals surface area contributed by atoms with Crippen molar-refractivity contribution in [3.8, 4) is 22.3 Å². The summed E-state index contributed by atoms with van der Waals surface area (Å²) in [6.45, 7) is 0. The molecule has 0 spiro atoms. The Bertz CT molecular complexity index is 2510. The molecule has 0 radical (unpaired) electrons. The van der Waals surface area contributed by atoms with Gasteiger partial charge < -0.3 is 9.32 Å². The molecule has 0 aliphatic heterocycles. The summed E-state index contributed by atoms with van der Waals surface area (Å²) in [6.07, 6.45) is 0. The highest BCUT2D eigenvalue weighted by Crippen LogP contribution is 2.46. The van der Waals surface area contributed by atoms with Crippen molar-refractivity contribution in [3.63, 3.8) is 0 Å². The van der Waals surface area contributed by atoms with E-state index in [1.54, 1.807) is 0 Å². The van der Waals surface area contributed by atoms with Crippen LogP contribution < -0.4 is 4.90 Å². The van der Waals surface area contributed by atoms with Crippen LogP contribution in [0.1, 0.15) is 0 Å². The van der Waals surface area contributed by atoms with Crippen LogP contribution in [0.15, 0.2) is 180 Å². The van der Waals surface area contributed by atoms with E-state index < -0.39 is 0 Å². The minimum absolute atomic E-state index is 0.890.